The largest absolute Gasteiger partial charge is 0.490 e. The number of hydrogen-bond donors (Lipinski definition) is 1. The Morgan fingerprint density at radius 1 is 1.00 bits per heavy atom. The quantitative estimate of drug-likeness (QED) is 0.739. The van der Waals surface area contributed by atoms with Crippen LogP contribution in [0.3, 0.4) is 0 Å². The third kappa shape index (κ3) is 5.24. The van der Waals surface area contributed by atoms with Crippen LogP contribution in [0.4, 0.5) is 0 Å². The van der Waals surface area contributed by atoms with Gasteiger partial charge in [-0.1, -0.05) is 30.7 Å². The SMILES string of the molecule is CCNCc1ccc(OCCOc2ccc(Cl)cc2C)cc1. The number of nitrogens with one attached hydrogen (secondary N) is 1. The van der Waals surface area contributed by atoms with Crippen LogP contribution in [-0.4, -0.2) is 19.8 Å². The molecular formula is C18H22ClNO2. The van der Waals surface area contributed by atoms with E-state index in [1.807, 2.05) is 37.3 Å². The number of hydrogen-bond acceptors (Lipinski definition) is 3. The minimum Gasteiger partial charge on any atom is -0.490 e. The highest BCUT2D eigenvalue weighted by atomic mass is 35.5. The molecular weight excluding hydrogens is 298 g/mol. The van der Waals surface area contributed by atoms with Gasteiger partial charge < -0.3 is 14.8 Å². The molecule has 1 N–H and O–H groups in total. The Labute approximate surface area is 137 Å². The summed E-state index contributed by atoms with van der Waals surface area (Å²) in [4.78, 5) is 0. The zero-order chi connectivity index (χ0) is 15.8. The lowest BCUT2D eigenvalue weighted by atomic mass is 10.2. The first kappa shape index (κ1) is 16.7. The van der Waals surface area contributed by atoms with Crippen molar-refractivity contribution >= 4 is 11.6 Å². The van der Waals surface area contributed by atoms with E-state index in [0.29, 0.717) is 13.2 Å². The van der Waals surface area contributed by atoms with Gasteiger partial charge in [-0.05, 0) is 54.9 Å². The van der Waals surface area contributed by atoms with Crippen molar-refractivity contribution in [1.29, 1.82) is 0 Å². The van der Waals surface area contributed by atoms with Crippen LogP contribution in [0.2, 0.25) is 5.02 Å². The van der Waals surface area contributed by atoms with Gasteiger partial charge in [0.25, 0.3) is 0 Å². The Balaban J connectivity index is 1.74. The molecule has 2 aromatic rings. The van der Waals surface area contributed by atoms with Gasteiger partial charge in [0.15, 0.2) is 0 Å². The average molecular weight is 320 g/mol. The lowest BCUT2D eigenvalue weighted by molar-refractivity contribution is 0.216. The summed E-state index contributed by atoms with van der Waals surface area (Å²) in [6.45, 7) is 6.94. The monoisotopic (exact) mass is 319 g/mol. The van der Waals surface area contributed by atoms with E-state index < -0.39 is 0 Å². The average Bonchev–Trinajstić information content (AvgIpc) is 2.52. The Morgan fingerprint density at radius 3 is 2.41 bits per heavy atom. The maximum Gasteiger partial charge on any atom is 0.122 e. The summed E-state index contributed by atoms with van der Waals surface area (Å²) < 4.78 is 11.4. The Hall–Kier alpha value is -1.71. The number of ether oxygens (including phenoxy) is 2. The summed E-state index contributed by atoms with van der Waals surface area (Å²) >= 11 is 5.92. The van der Waals surface area contributed by atoms with Gasteiger partial charge in [-0.3, -0.25) is 0 Å². The molecule has 0 fully saturated rings. The summed E-state index contributed by atoms with van der Waals surface area (Å²) in [7, 11) is 0. The fourth-order valence-electron chi connectivity index (χ4n) is 2.06. The van der Waals surface area contributed by atoms with E-state index in [4.69, 9.17) is 21.1 Å². The van der Waals surface area contributed by atoms with E-state index in [0.717, 1.165) is 35.2 Å². The van der Waals surface area contributed by atoms with Crippen molar-refractivity contribution < 1.29 is 9.47 Å². The van der Waals surface area contributed by atoms with Gasteiger partial charge in [0.2, 0.25) is 0 Å². The van der Waals surface area contributed by atoms with Crippen molar-refractivity contribution in [2.45, 2.75) is 20.4 Å². The van der Waals surface area contributed by atoms with E-state index in [9.17, 15) is 0 Å². The first-order valence-corrected chi connectivity index (χ1v) is 7.88. The number of benzene rings is 2. The maximum atomic E-state index is 5.92. The lowest BCUT2D eigenvalue weighted by Crippen LogP contribution is -2.12. The predicted molar refractivity (Wildman–Crippen MR) is 91.0 cm³/mol. The summed E-state index contributed by atoms with van der Waals surface area (Å²) in [6, 6.07) is 13.7. The van der Waals surface area contributed by atoms with Gasteiger partial charge >= 0.3 is 0 Å². The van der Waals surface area contributed by atoms with Crippen LogP contribution in [0.1, 0.15) is 18.1 Å². The minimum atomic E-state index is 0.502. The maximum absolute atomic E-state index is 5.92. The standard InChI is InChI=1S/C18H22ClNO2/c1-3-20-13-15-4-7-17(8-5-15)21-10-11-22-18-9-6-16(19)12-14(18)2/h4-9,12,20H,3,10-11,13H2,1-2H3. The zero-order valence-corrected chi connectivity index (χ0v) is 13.8. The molecule has 22 heavy (non-hydrogen) atoms. The van der Waals surface area contributed by atoms with E-state index in [1.165, 1.54) is 5.56 Å². The van der Waals surface area contributed by atoms with E-state index >= 15 is 0 Å². The summed E-state index contributed by atoms with van der Waals surface area (Å²) in [5, 5.41) is 4.01. The normalized spacial score (nSPS) is 10.5. The highest BCUT2D eigenvalue weighted by molar-refractivity contribution is 6.30. The number of rotatable bonds is 8. The van der Waals surface area contributed by atoms with Crippen LogP contribution in [-0.2, 0) is 6.54 Å². The van der Waals surface area contributed by atoms with Crippen molar-refractivity contribution in [2.24, 2.45) is 0 Å². The third-order valence-corrected chi connectivity index (χ3v) is 3.48. The number of halogens is 1. The second-order valence-electron chi connectivity index (χ2n) is 5.03. The van der Waals surface area contributed by atoms with Crippen molar-refractivity contribution in [2.75, 3.05) is 19.8 Å². The van der Waals surface area contributed by atoms with Crippen molar-refractivity contribution in [3.63, 3.8) is 0 Å². The summed E-state index contributed by atoms with van der Waals surface area (Å²) in [5.74, 6) is 1.70. The van der Waals surface area contributed by atoms with Crippen LogP contribution < -0.4 is 14.8 Å². The molecule has 0 amide bonds. The van der Waals surface area contributed by atoms with Crippen LogP contribution >= 0.6 is 11.6 Å². The van der Waals surface area contributed by atoms with Gasteiger partial charge in [-0.15, -0.1) is 0 Å². The van der Waals surface area contributed by atoms with Gasteiger partial charge in [0, 0.05) is 11.6 Å². The Kier molecular flexibility index (Phi) is 6.56. The van der Waals surface area contributed by atoms with Crippen LogP contribution in [0.5, 0.6) is 11.5 Å². The van der Waals surface area contributed by atoms with E-state index in [2.05, 4.69) is 24.4 Å². The number of aryl methyl sites for hydroxylation is 1. The molecule has 0 saturated heterocycles. The molecule has 0 bridgehead atoms. The van der Waals surface area contributed by atoms with E-state index in [1.54, 1.807) is 0 Å². The molecule has 0 saturated carbocycles. The summed E-state index contributed by atoms with van der Waals surface area (Å²) in [5.41, 5.74) is 2.28. The van der Waals surface area contributed by atoms with Gasteiger partial charge in [0.1, 0.15) is 24.7 Å². The van der Waals surface area contributed by atoms with E-state index in [-0.39, 0.29) is 0 Å². The molecule has 0 spiro atoms. The van der Waals surface area contributed by atoms with Gasteiger partial charge in [-0.2, -0.15) is 0 Å². The smallest absolute Gasteiger partial charge is 0.122 e. The molecule has 0 aliphatic rings. The second-order valence-corrected chi connectivity index (χ2v) is 5.47. The predicted octanol–water partition coefficient (Wildman–Crippen LogP) is 4.22. The zero-order valence-electron chi connectivity index (χ0n) is 13.1. The van der Waals surface area contributed by atoms with Crippen molar-refractivity contribution in [3.05, 3.63) is 58.6 Å². The Morgan fingerprint density at radius 2 is 1.73 bits per heavy atom. The molecule has 2 rings (SSSR count). The molecule has 2 aromatic carbocycles. The summed E-state index contributed by atoms with van der Waals surface area (Å²) in [6.07, 6.45) is 0. The van der Waals surface area contributed by atoms with Crippen LogP contribution in [0.25, 0.3) is 0 Å². The second kappa shape index (κ2) is 8.66. The first-order valence-electron chi connectivity index (χ1n) is 7.50. The molecule has 0 aliphatic carbocycles. The molecule has 0 unspecified atom stereocenters. The Bertz CT molecular complexity index is 584. The molecule has 0 aromatic heterocycles. The molecule has 4 heteroatoms. The molecule has 0 heterocycles. The van der Waals surface area contributed by atoms with Crippen LogP contribution in [0.15, 0.2) is 42.5 Å². The van der Waals surface area contributed by atoms with Crippen molar-refractivity contribution in [3.8, 4) is 11.5 Å². The molecule has 0 atom stereocenters. The lowest BCUT2D eigenvalue weighted by Gasteiger charge is -2.11. The molecule has 118 valence electrons. The third-order valence-electron chi connectivity index (χ3n) is 3.25. The molecule has 0 radical (unpaired) electrons. The highest BCUT2D eigenvalue weighted by Crippen LogP contribution is 2.21. The molecule has 0 aliphatic heterocycles. The fourth-order valence-corrected chi connectivity index (χ4v) is 2.29. The van der Waals surface area contributed by atoms with Crippen molar-refractivity contribution in [1.82, 2.24) is 5.32 Å². The van der Waals surface area contributed by atoms with Gasteiger partial charge in [-0.25, -0.2) is 0 Å². The first-order chi connectivity index (χ1) is 10.7. The topological polar surface area (TPSA) is 30.5 Å². The minimum absolute atomic E-state index is 0.502. The van der Waals surface area contributed by atoms with Gasteiger partial charge in [0.05, 0.1) is 0 Å². The molecule has 3 nitrogen and oxygen atoms in total. The highest BCUT2D eigenvalue weighted by Gasteiger charge is 2.01. The van der Waals surface area contributed by atoms with Crippen LogP contribution in [0, 0.1) is 6.92 Å². The fraction of sp³-hybridized carbons (Fsp3) is 0.333.